The van der Waals surface area contributed by atoms with Crippen LogP contribution in [0.25, 0.3) is 0 Å². The van der Waals surface area contributed by atoms with Gasteiger partial charge in [0.05, 0.1) is 0 Å². The summed E-state index contributed by atoms with van der Waals surface area (Å²) in [5.41, 5.74) is 0. The molecule has 0 aliphatic carbocycles. The number of rotatable bonds is 5. The van der Waals surface area contributed by atoms with Crippen LogP contribution in [0.5, 0.6) is 0 Å². The first-order chi connectivity index (χ1) is 8.28. The molecule has 1 aliphatic rings. The zero-order valence-electron chi connectivity index (χ0n) is 10.9. The minimum atomic E-state index is -4.06. The van der Waals surface area contributed by atoms with E-state index in [1.54, 1.807) is 11.9 Å². The van der Waals surface area contributed by atoms with Crippen LogP contribution in [-0.2, 0) is 4.79 Å². The van der Waals surface area contributed by atoms with E-state index in [9.17, 15) is 18.0 Å². The largest absolute Gasteiger partial charge is 0.389 e. The molecule has 2 unspecified atom stereocenters. The second-order valence-electron chi connectivity index (χ2n) is 5.08. The van der Waals surface area contributed by atoms with Crippen molar-refractivity contribution in [2.45, 2.75) is 57.3 Å². The van der Waals surface area contributed by atoms with Crippen LogP contribution in [-0.4, -0.2) is 42.7 Å². The molecule has 1 amide bonds. The standard InChI is InChI=1S/C12H21F3N2O/c1-9(4-3-7-12(13,14)15)16-10-5-6-11(18)17(2)8-10/h9-10,16H,3-8H2,1-2H3. The van der Waals surface area contributed by atoms with Crippen LogP contribution < -0.4 is 5.32 Å². The van der Waals surface area contributed by atoms with Crippen LogP contribution in [0, 0.1) is 0 Å². The molecule has 0 aromatic heterocycles. The predicted molar refractivity (Wildman–Crippen MR) is 63.2 cm³/mol. The molecular formula is C12H21F3N2O. The van der Waals surface area contributed by atoms with Gasteiger partial charge in [-0.3, -0.25) is 4.79 Å². The fourth-order valence-electron chi connectivity index (χ4n) is 2.24. The van der Waals surface area contributed by atoms with Gasteiger partial charge in [0.1, 0.15) is 0 Å². The number of amides is 1. The average Bonchev–Trinajstić information content (AvgIpc) is 2.21. The van der Waals surface area contributed by atoms with Crippen LogP contribution in [0.15, 0.2) is 0 Å². The Kier molecular flexibility index (Phi) is 5.44. The van der Waals surface area contributed by atoms with E-state index in [0.29, 0.717) is 19.4 Å². The van der Waals surface area contributed by atoms with Crippen LogP contribution in [0.1, 0.15) is 39.0 Å². The van der Waals surface area contributed by atoms with Crippen molar-refractivity contribution in [3.8, 4) is 0 Å². The summed E-state index contributed by atoms with van der Waals surface area (Å²) in [6, 6.07) is 0.257. The Hall–Kier alpha value is -0.780. The molecule has 1 N–H and O–H groups in total. The van der Waals surface area contributed by atoms with Crippen molar-refractivity contribution >= 4 is 5.91 Å². The summed E-state index contributed by atoms with van der Waals surface area (Å²) in [4.78, 5) is 13.0. The first-order valence-corrected chi connectivity index (χ1v) is 6.34. The highest BCUT2D eigenvalue weighted by Crippen LogP contribution is 2.22. The Labute approximate surface area is 106 Å². The summed E-state index contributed by atoms with van der Waals surface area (Å²) in [5, 5.41) is 3.29. The van der Waals surface area contributed by atoms with Gasteiger partial charge < -0.3 is 10.2 Å². The number of nitrogens with zero attached hydrogens (tertiary/aromatic N) is 1. The van der Waals surface area contributed by atoms with Crippen molar-refractivity contribution in [1.29, 1.82) is 0 Å². The Morgan fingerprint density at radius 1 is 1.50 bits per heavy atom. The Bertz CT molecular complexity index is 281. The second kappa shape index (κ2) is 6.41. The fraction of sp³-hybridized carbons (Fsp3) is 0.917. The third-order valence-electron chi connectivity index (χ3n) is 3.24. The fourth-order valence-corrected chi connectivity index (χ4v) is 2.24. The maximum absolute atomic E-state index is 12.0. The van der Waals surface area contributed by atoms with Crippen molar-refractivity contribution in [3.05, 3.63) is 0 Å². The molecule has 2 atom stereocenters. The summed E-state index contributed by atoms with van der Waals surface area (Å²) >= 11 is 0. The summed E-state index contributed by atoms with van der Waals surface area (Å²) in [6.45, 7) is 2.54. The predicted octanol–water partition coefficient (Wildman–Crippen LogP) is 2.32. The van der Waals surface area contributed by atoms with Crippen LogP contribution >= 0.6 is 0 Å². The molecule has 106 valence electrons. The number of carbonyl (C=O) groups excluding carboxylic acids is 1. The van der Waals surface area contributed by atoms with E-state index < -0.39 is 12.6 Å². The van der Waals surface area contributed by atoms with Gasteiger partial charge in [0.2, 0.25) is 5.91 Å². The topological polar surface area (TPSA) is 32.3 Å². The van der Waals surface area contributed by atoms with Crippen molar-refractivity contribution < 1.29 is 18.0 Å². The Morgan fingerprint density at radius 2 is 2.17 bits per heavy atom. The van der Waals surface area contributed by atoms with E-state index in [0.717, 1.165) is 6.42 Å². The van der Waals surface area contributed by atoms with Gasteiger partial charge in [-0.2, -0.15) is 13.2 Å². The number of likely N-dealkylation sites (N-methyl/N-ethyl adjacent to an activating group) is 1. The van der Waals surface area contributed by atoms with Gasteiger partial charge in [-0.1, -0.05) is 0 Å². The number of hydrogen-bond acceptors (Lipinski definition) is 2. The molecule has 1 fully saturated rings. The monoisotopic (exact) mass is 266 g/mol. The quantitative estimate of drug-likeness (QED) is 0.828. The van der Waals surface area contributed by atoms with Gasteiger partial charge in [0.25, 0.3) is 0 Å². The number of piperidine rings is 1. The molecule has 1 heterocycles. The Morgan fingerprint density at radius 3 is 2.72 bits per heavy atom. The lowest BCUT2D eigenvalue weighted by Gasteiger charge is -2.32. The van der Waals surface area contributed by atoms with Gasteiger partial charge in [0.15, 0.2) is 0 Å². The number of carbonyl (C=O) groups is 1. The lowest BCUT2D eigenvalue weighted by Crippen LogP contribution is -2.49. The number of alkyl halides is 3. The number of hydrogen-bond donors (Lipinski definition) is 1. The zero-order valence-corrected chi connectivity index (χ0v) is 10.9. The molecule has 6 heteroatoms. The van der Waals surface area contributed by atoms with Gasteiger partial charge in [-0.05, 0) is 26.2 Å². The van der Waals surface area contributed by atoms with Crippen molar-refractivity contribution in [1.82, 2.24) is 10.2 Å². The molecule has 0 radical (unpaired) electrons. The average molecular weight is 266 g/mol. The summed E-state index contributed by atoms with van der Waals surface area (Å²) in [5.74, 6) is 0.137. The molecule has 0 bridgehead atoms. The van der Waals surface area contributed by atoms with Crippen molar-refractivity contribution in [2.75, 3.05) is 13.6 Å². The van der Waals surface area contributed by atoms with Gasteiger partial charge in [-0.25, -0.2) is 0 Å². The van der Waals surface area contributed by atoms with Crippen molar-refractivity contribution in [3.63, 3.8) is 0 Å². The van der Waals surface area contributed by atoms with Gasteiger partial charge >= 0.3 is 6.18 Å². The highest BCUT2D eigenvalue weighted by Gasteiger charge is 2.27. The van der Waals surface area contributed by atoms with Gasteiger partial charge in [-0.15, -0.1) is 0 Å². The molecule has 0 spiro atoms. The molecule has 0 saturated carbocycles. The van der Waals surface area contributed by atoms with Crippen LogP contribution in [0.2, 0.25) is 0 Å². The van der Waals surface area contributed by atoms with E-state index in [4.69, 9.17) is 0 Å². The minimum absolute atomic E-state index is 0.0546. The first kappa shape index (κ1) is 15.3. The number of nitrogens with one attached hydrogen (secondary N) is 1. The lowest BCUT2D eigenvalue weighted by atomic mass is 10.0. The molecule has 1 rings (SSSR count). The molecule has 3 nitrogen and oxygen atoms in total. The van der Waals surface area contributed by atoms with Gasteiger partial charge in [0, 0.05) is 38.5 Å². The third kappa shape index (κ3) is 5.71. The molecule has 0 aromatic carbocycles. The Balaban J connectivity index is 2.20. The third-order valence-corrected chi connectivity index (χ3v) is 3.24. The van der Waals surface area contributed by atoms with Crippen LogP contribution in [0.3, 0.4) is 0 Å². The molecule has 0 aromatic rings. The summed E-state index contributed by atoms with van der Waals surface area (Å²) < 4.78 is 36.0. The van der Waals surface area contributed by atoms with E-state index in [1.807, 2.05) is 6.92 Å². The zero-order chi connectivity index (χ0) is 13.8. The number of halogens is 3. The van der Waals surface area contributed by atoms with E-state index in [1.165, 1.54) is 0 Å². The maximum atomic E-state index is 12.0. The molecule has 1 aliphatic heterocycles. The number of likely N-dealkylation sites (tertiary alicyclic amines) is 1. The van der Waals surface area contributed by atoms with E-state index >= 15 is 0 Å². The molecule has 18 heavy (non-hydrogen) atoms. The smallest absolute Gasteiger partial charge is 0.344 e. The highest BCUT2D eigenvalue weighted by molar-refractivity contribution is 5.76. The lowest BCUT2D eigenvalue weighted by molar-refractivity contribution is -0.136. The van der Waals surface area contributed by atoms with Crippen LogP contribution in [0.4, 0.5) is 13.2 Å². The second-order valence-corrected chi connectivity index (χ2v) is 5.08. The SMILES string of the molecule is CC(CCCC(F)(F)F)NC1CCC(=O)N(C)C1. The van der Waals surface area contributed by atoms with Crippen molar-refractivity contribution in [2.24, 2.45) is 0 Å². The summed E-state index contributed by atoms with van der Waals surface area (Å²) in [7, 11) is 1.75. The van der Waals surface area contributed by atoms with E-state index in [-0.39, 0.29) is 24.4 Å². The normalized spacial score (nSPS) is 23.3. The highest BCUT2D eigenvalue weighted by atomic mass is 19.4. The maximum Gasteiger partial charge on any atom is 0.389 e. The molecular weight excluding hydrogens is 245 g/mol. The molecule has 1 saturated heterocycles. The first-order valence-electron chi connectivity index (χ1n) is 6.34. The van der Waals surface area contributed by atoms with E-state index in [2.05, 4.69) is 5.32 Å². The summed E-state index contributed by atoms with van der Waals surface area (Å²) in [6.07, 6.45) is -2.83. The minimum Gasteiger partial charge on any atom is -0.344 e.